The molecule has 1 amide bonds. The Labute approximate surface area is 176 Å². The predicted molar refractivity (Wildman–Crippen MR) is 108 cm³/mol. The van der Waals surface area contributed by atoms with Gasteiger partial charge in [0.2, 0.25) is 5.91 Å². The monoisotopic (exact) mass is 424 g/mol. The number of piperidine rings is 2. The Morgan fingerprint density at radius 2 is 1.43 bits per heavy atom. The zero-order valence-electron chi connectivity index (χ0n) is 17.4. The van der Waals surface area contributed by atoms with Crippen LogP contribution < -0.4 is 4.74 Å². The summed E-state index contributed by atoms with van der Waals surface area (Å²) in [5.41, 5.74) is 0. The van der Waals surface area contributed by atoms with Crippen LogP contribution in [0.4, 0.5) is 13.2 Å². The number of carbonyl (C=O) groups excluding carboxylic acids is 1. The largest absolute Gasteiger partial charge is 0.484 e. The number of halogens is 3. The smallest absolute Gasteiger partial charge is 0.225 e. The van der Waals surface area contributed by atoms with E-state index in [0.717, 1.165) is 25.9 Å². The van der Waals surface area contributed by atoms with Gasteiger partial charge in [-0.05, 0) is 38.8 Å². The van der Waals surface area contributed by atoms with Crippen molar-refractivity contribution in [3.63, 3.8) is 0 Å². The number of nitrogens with zero attached hydrogens (tertiary/aromatic N) is 2. The van der Waals surface area contributed by atoms with Gasteiger partial charge in [-0.15, -0.1) is 0 Å². The Balaban J connectivity index is 1.24. The second kappa shape index (κ2) is 9.58. The van der Waals surface area contributed by atoms with Gasteiger partial charge in [-0.1, -0.05) is 19.3 Å². The van der Waals surface area contributed by atoms with E-state index in [4.69, 9.17) is 4.74 Å². The average molecular weight is 425 g/mol. The molecule has 2 saturated heterocycles. The van der Waals surface area contributed by atoms with Crippen LogP contribution in [0.25, 0.3) is 0 Å². The third kappa shape index (κ3) is 4.93. The standard InChI is InChI=1S/C23H31F3N2O2/c24-17-14-20(25)22(21(26)15-17)30-19-8-12-28(13-9-19)23(29)16-6-10-27(11-7-16)18-4-2-1-3-5-18/h14-16,18-19H,1-13H2. The van der Waals surface area contributed by atoms with Crippen molar-refractivity contribution in [2.24, 2.45) is 5.92 Å². The van der Waals surface area contributed by atoms with Crippen LogP contribution in [0.3, 0.4) is 0 Å². The number of hydrogen-bond donors (Lipinski definition) is 0. The highest BCUT2D eigenvalue weighted by molar-refractivity contribution is 5.79. The Morgan fingerprint density at radius 3 is 2.03 bits per heavy atom. The molecule has 0 aromatic heterocycles. The molecule has 1 saturated carbocycles. The highest BCUT2D eigenvalue weighted by Gasteiger charge is 2.33. The topological polar surface area (TPSA) is 32.8 Å². The van der Waals surface area contributed by atoms with Gasteiger partial charge in [0.1, 0.15) is 11.9 Å². The Kier molecular flexibility index (Phi) is 6.86. The third-order valence-electron chi connectivity index (χ3n) is 6.97. The number of amides is 1. The molecule has 1 aromatic carbocycles. The normalized spacial score (nSPS) is 23.0. The lowest BCUT2D eigenvalue weighted by molar-refractivity contribution is -0.139. The molecule has 3 fully saturated rings. The fraction of sp³-hybridized carbons (Fsp3) is 0.696. The van der Waals surface area contributed by atoms with Crippen LogP contribution in [0.15, 0.2) is 12.1 Å². The van der Waals surface area contributed by atoms with E-state index in [1.807, 2.05) is 4.90 Å². The van der Waals surface area contributed by atoms with E-state index in [1.165, 1.54) is 32.1 Å². The predicted octanol–water partition coefficient (Wildman–Crippen LogP) is 4.52. The summed E-state index contributed by atoms with van der Waals surface area (Å²) >= 11 is 0. The lowest BCUT2D eigenvalue weighted by Gasteiger charge is -2.40. The molecule has 3 aliphatic rings. The molecule has 0 spiro atoms. The summed E-state index contributed by atoms with van der Waals surface area (Å²) in [4.78, 5) is 17.4. The van der Waals surface area contributed by atoms with Crippen LogP contribution in [-0.2, 0) is 4.79 Å². The molecule has 1 aliphatic carbocycles. The molecular weight excluding hydrogens is 393 g/mol. The Bertz CT molecular complexity index is 715. The number of ether oxygens (including phenoxy) is 1. The minimum absolute atomic E-state index is 0.0781. The zero-order valence-corrected chi connectivity index (χ0v) is 17.4. The van der Waals surface area contributed by atoms with Gasteiger partial charge in [0.15, 0.2) is 17.4 Å². The average Bonchev–Trinajstić information content (AvgIpc) is 2.77. The number of likely N-dealkylation sites (tertiary alicyclic amines) is 2. The SMILES string of the molecule is O=C(C1CCN(C2CCCCC2)CC1)N1CCC(Oc2c(F)cc(F)cc2F)CC1. The first kappa shape index (κ1) is 21.5. The lowest BCUT2D eigenvalue weighted by atomic mass is 9.89. The maximum Gasteiger partial charge on any atom is 0.225 e. The van der Waals surface area contributed by atoms with Gasteiger partial charge in [0.25, 0.3) is 0 Å². The van der Waals surface area contributed by atoms with Crippen LogP contribution in [0, 0.1) is 23.4 Å². The van der Waals surface area contributed by atoms with Gasteiger partial charge in [-0.3, -0.25) is 4.79 Å². The van der Waals surface area contributed by atoms with Gasteiger partial charge < -0.3 is 14.5 Å². The summed E-state index contributed by atoms with van der Waals surface area (Å²) in [6, 6.07) is 1.95. The molecule has 0 radical (unpaired) electrons. The summed E-state index contributed by atoms with van der Waals surface area (Å²) < 4.78 is 46.1. The first-order chi connectivity index (χ1) is 14.5. The van der Waals surface area contributed by atoms with Gasteiger partial charge in [-0.2, -0.15) is 0 Å². The molecule has 2 heterocycles. The molecule has 1 aromatic rings. The van der Waals surface area contributed by atoms with Crippen LogP contribution in [0.5, 0.6) is 5.75 Å². The van der Waals surface area contributed by atoms with Crippen molar-refractivity contribution in [1.29, 1.82) is 0 Å². The second-order valence-electron chi connectivity index (χ2n) is 8.94. The lowest BCUT2D eigenvalue weighted by Crippen LogP contribution is -2.48. The molecule has 30 heavy (non-hydrogen) atoms. The van der Waals surface area contributed by atoms with E-state index in [-0.39, 0.29) is 17.9 Å². The molecule has 4 nitrogen and oxygen atoms in total. The Morgan fingerprint density at radius 1 is 0.833 bits per heavy atom. The molecule has 0 N–H and O–H groups in total. The number of rotatable bonds is 4. The van der Waals surface area contributed by atoms with E-state index in [0.29, 0.717) is 44.1 Å². The summed E-state index contributed by atoms with van der Waals surface area (Å²) in [5.74, 6) is -3.28. The fourth-order valence-corrected chi connectivity index (χ4v) is 5.22. The number of benzene rings is 1. The first-order valence-electron chi connectivity index (χ1n) is 11.4. The van der Waals surface area contributed by atoms with Crippen LogP contribution in [-0.4, -0.2) is 54.0 Å². The Hall–Kier alpha value is -1.76. The highest BCUT2D eigenvalue weighted by Crippen LogP contribution is 2.30. The molecule has 166 valence electrons. The van der Waals surface area contributed by atoms with Gasteiger partial charge >= 0.3 is 0 Å². The molecule has 0 bridgehead atoms. The molecule has 0 unspecified atom stereocenters. The summed E-state index contributed by atoms with van der Waals surface area (Å²) in [6.07, 6.45) is 9.07. The van der Waals surface area contributed by atoms with Crippen LogP contribution in [0.2, 0.25) is 0 Å². The number of carbonyl (C=O) groups is 1. The molecule has 2 aliphatic heterocycles. The van der Waals surface area contributed by atoms with Crippen molar-refractivity contribution in [3.8, 4) is 5.75 Å². The summed E-state index contributed by atoms with van der Waals surface area (Å²) in [7, 11) is 0. The van der Waals surface area contributed by atoms with E-state index < -0.39 is 23.2 Å². The molecular formula is C23H31F3N2O2. The van der Waals surface area contributed by atoms with E-state index in [2.05, 4.69) is 4.90 Å². The maximum absolute atomic E-state index is 13.8. The van der Waals surface area contributed by atoms with Gasteiger partial charge in [0.05, 0.1) is 0 Å². The summed E-state index contributed by atoms with van der Waals surface area (Å²) in [5, 5.41) is 0. The van der Waals surface area contributed by atoms with Gasteiger partial charge in [0, 0.05) is 50.0 Å². The minimum Gasteiger partial charge on any atom is -0.484 e. The quantitative estimate of drug-likeness (QED) is 0.713. The summed E-state index contributed by atoms with van der Waals surface area (Å²) in [6.45, 7) is 3.06. The molecule has 0 atom stereocenters. The van der Waals surface area contributed by atoms with Crippen molar-refractivity contribution in [2.45, 2.75) is 69.9 Å². The van der Waals surface area contributed by atoms with Crippen molar-refractivity contribution >= 4 is 5.91 Å². The van der Waals surface area contributed by atoms with Crippen LogP contribution >= 0.6 is 0 Å². The second-order valence-corrected chi connectivity index (χ2v) is 8.94. The third-order valence-corrected chi connectivity index (χ3v) is 6.97. The first-order valence-corrected chi connectivity index (χ1v) is 11.4. The van der Waals surface area contributed by atoms with Crippen molar-refractivity contribution in [1.82, 2.24) is 9.80 Å². The highest BCUT2D eigenvalue weighted by atomic mass is 19.1. The van der Waals surface area contributed by atoms with Crippen LogP contribution in [0.1, 0.15) is 57.8 Å². The van der Waals surface area contributed by atoms with E-state index >= 15 is 0 Å². The number of hydrogen-bond acceptors (Lipinski definition) is 3. The van der Waals surface area contributed by atoms with Crippen molar-refractivity contribution < 1.29 is 22.7 Å². The minimum atomic E-state index is -1.03. The fourth-order valence-electron chi connectivity index (χ4n) is 5.22. The van der Waals surface area contributed by atoms with Crippen molar-refractivity contribution in [3.05, 3.63) is 29.6 Å². The zero-order chi connectivity index (χ0) is 21.1. The maximum atomic E-state index is 13.8. The molecule has 4 rings (SSSR count). The molecule has 7 heteroatoms. The van der Waals surface area contributed by atoms with Gasteiger partial charge in [-0.25, -0.2) is 13.2 Å². The van der Waals surface area contributed by atoms with Crippen molar-refractivity contribution in [2.75, 3.05) is 26.2 Å². The van der Waals surface area contributed by atoms with E-state index in [9.17, 15) is 18.0 Å². The van der Waals surface area contributed by atoms with E-state index in [1.54, 1.807) is 0 Å².